The van der Waals surface area contributed by atoms with Gasteiger partial charge in [0.15, 0.2) is 0 Å². The number of hydrogen-bond donors (Lipinski definition) is 1. The second kappa shape index (κ2) is 4.42. The van der Waals surface area contributed by atoms with Crippen molar-refractivity contribution < 1.29 is 4.79 Å². The van der Waals surface area contributed by atoms with Crippen LogP contribution < -0.4 is 5.73 Å². The van der Waals surface area contributed by atoms with Crippen LogP contribution in [0.2, 0.25) is 0 Å². The summed E-state index contributed by atoms with van der Waals surface area (Å²) >= 11 is 0. The molecule has 1 heterocycles. The molecule has 0 aromatic rings. The normalized spacial score (nSPS) is 19.6. The molecule has 0 saturated carbocycles. The average Bonchev–Trinajstić information content (AvgIpc) is 2.15. The Kier molecular flexibility index (Phi) is 3.48. The zero-order chi connectivity index (χ0) is 9.84. The number of carbonyl (C=O) groups excluding carboxylic acids is 1. The summed E-state index contributed by atoms with van der Waals surface area (Å²) in [6, 6.07) is -0.314. The maximum atomic E-state index is 11.6. The minimum atomic E-state index is -0.314. The third-order valence-corrected chi connectivity index (χ3v) is 2.40. The molecule has 3 nitrogen and oxygen atoms in total. The fraction of sp³-hybridized carbons (Fsp3) is 0.700. The molecule has 1 aliphatic heterocycles. The molecule has 1 unspecified atom stereocenters. The van der Waals surface area contributed by atoms with Gasteiger partial charge in [0.05, 0.1) is 6.04 Å². The minimum absolute atomic E-state index is 0.0925. The number of amides is 1. The fourth-order valence-corrected chi connectivity index (χ4v) is 1.51. The minimum Gasteiger partial charge on any atom is -0.337 e. The Morgan fingerprint density at radius 2 is 2.46 bits per heavy atom. The summed E-state index contributed by atoms with van der Waals surface area (Å²) in [7, 11) is 0. The lowest BCUT2D eigenvalue weighted by atomic mass is 10.1. The van der Waals surface area contributed by atoms with Crippen molar-refractivity contribution in [3.05, 3.63) is 11.6 Å². The van der Waals surface area contributed by atoms with E-state index in [1.807, 2.05) is 11.8 Å². The van der Waals surface area contributed by atoms with Crippen LogP contribution in [0.1, 0.15) is 26.7 Å². The Bertz CT molecular complexity index is 223. The Balaban J connectivity index is 2.53. The lowest BCUT2D eigenvalue weighted by Crippen LogP contribution is -2.45. The van der Waals surface area contributed by atoms with Gasteiger partial charge in [-0.2, -0.15) is 0 Å². The molecule has 1 rings (SSSR count). The zero-order valence-corrected chi connectivity index (χ0v) is 8.42. The summed E-state index contributed by atoms with van der Waals surface area (Å²) in [5.41, 5.74) is 6.95. The van der Waals surface area contributed by atoms with Crippen molar-refractivity contribution in [1.82, 2.24) is 4.90 Å². The van der Waals surface area contributed by atoms with Crippen molar-refractivity contribution in [2.45, 2.75) is 32.7 Å². The molecule has 0 bridgehead atoms. The molecule has 0 aromatic heterocycles. The van der Waals surface area contributed by atoms with Gasteiger partial charge in [0.2, 0.25) is 5.91 Å². The van der Waals surface area contributed by atoms with E-state index in [9.17, 15) is 4.79 Å². The Morgan fingerprint density at radius 3 is 3.00 bits per heavy atom. The highest BCUT2D eigenvalue weighted by Gasteiger charge is 2.20. The van der Waals surface area contributed by atoms with E-state index in [1.165, 1.54) is 5.57 Å². The van der Waals surface area contributed by atoms with E-state index in [0.717, 1.165) is 25.9 Å². The number of nitrogens with zero attached hydrogens (tertiary/aromatic N) is 1. The van der Waals surface area contributed by atoms with Gasteiger partial charge >= 0.3 is 0 Å². The van der Waals surface area contributed by atoms with Gasteiger partial charge in [0, 0.05) is 13.1 Å². The smallest absolute Gasteiger partial charge is 0.239 e. The van der Waals surface area contributed by atoms with Crippen LogP contribution in [0.25, 0.3) is 0 Å². The quantitative estimate of drug-likeness (QED) is 0.645. The molecule has 0 saturated heterocycles. The molecule has 0 aliphatic carbocycles. The predicted molar refractivity (Wildman–Crippen MR) is 53.2 cm³/mol. The van der Waals surface area contributed by atoms with Crippen molar-refractivity contribution in [3.8, 4) is 0 Å². The lowest BCUT2D eigenvalue weighted by Gasteiger charge is -2.28. The van der Waals surface area contributed by atoms with E-state index in [-0.39, 0.29) is 11.9 Å². The molecule has 1 atom stereocenters. The van der Waals surface area contributed by atoms with E-state index < -0.39 is 0 Å². The summed E-state index contributed by atoms with van der Waals surface area (Å²) in [5, 5.41) is 0. The molecule has 74 valence electrons. The van der Waals surface area contributed by atoms with Crippen LogP contribution >= 0.6 is 0 Å². The van der Waals surface area contributed by atoms with Crippen LogP contribution in [0.15, 0.2) is 11.6 Å². The van der Waals surface area contributed by atoms with Gasteiger partial charge in [-0.1, -0.05) is 18.6 Å². The predicted octanol–water partition coefficient (Wildman–Crippen LogP) is 0.902. The van der Waals surface area contributed by atoms with Crippen LogP contribution in [0.4, 0.5) is 0 Å². The highest BCUT2D eigenvalue weighted by molar-refractivity contribution is 5.81. The van der Waals surface area contributed by atoms with Crippen LogP contribution in [-0.2, 0) is 4.79 Å². The molecule has 1 aliphatic rings. The Morgan fingerprint density at radius 1 is 1.77 bits per heavy atom. The van der Waals surface area contributed by atoms with E-state index >= 15 is 0 Å². The van der Waals surface area contributed by atoms with Crippen molar-refractivity contribution in [1.29, 1.82) is 0 Å². The molecule has 13 heavy (non-hydrogen) atoms. The third kappa shape index (κ3) is 2.56. The standard InChI is InChI=1S/C10H18N2O/c1-3-9(11)10(13)12-6-4-5-8(2)7-12/h5,9H,3-4,6-7,11H2,1-2H3. The highest BCUT2D eigenvalue weighted by atomic mass is 16.2. The van der Waals surface area contributed by atoms with Crippen molar-refractivity contribution in [2.75, 3.05) is 13.1 Å². The van der Waals surface area contributed by atoms with Gasteiger partial charge in [0.1, 0.15) is 0 Å². The Labute approximate surface area is 79.6 Å². The molecule has 0 radical (unpaired) electrons. The van der Waals surface area contributed by atoms with Gasteiger partial charge in [-0.25, -0.2) is 0 Å². The Hall–Kier alpha value is -0.830. The first kappa shape index (κ1) is 10.3. The molecular formula is C10H18N2O. The fourth-order valence-electron chi connectivity index (χ4n) is 1.51. The van der Waals surface area contributed by atoms with Crippen molar-refractivity contribution >= 4 is 5.91 Å². The monoisotopic (exact) mass is 182 g/mol. The molecule has 0 aromatic carbocycles. The van der Waals surface area contributed by atoms with E-state index in [4.69, 9.17) is 5.73 Å². The van der Waals surface area contributed by atoms with E-state index in [1.54, 1.807) is 0 Å². The summed E-state index contributed by atoms with van der Waals surface area (Å²) in [5.74, 6) is 0.0925. The van der Waals surface area contributed by atoms with E-state index in [0.29, 0.717) is 0 Å². The number of hydrogen-bond acceptors (Lipinski definition) is 2. The van der Waals surface area contributed by atoms with Crippen molar-refractivity contribution in [2.24, 2.45) is 5.73 Å². The summed E-state index contributed by atoms with van der Waals surface area (Å²) in [6.07, 6.45) is 3.87. The second-order valence-corrected chi connectivity index (χ2v) is 3.61. The van der Waals surface area contributed by atoms with Crippen LogP contribution in [0.5, 0.6) is 0 Å². The third-order valence-electron chi connectivity index (χ3n) is 2.40. The molecule has 0 spiro atoms. The zero-order valence-electron chi connectivity index (χ0n) is 8.42. The topological polar surface area (TPSA) is 46.3 Å². The first-order chi connectivity index (χ1) is 6.15. The second-order valence-electron chi connectivity index (χ2n) is 3.61. The van der Waals surface area contributed by atoms with Crippen LogP contribution in [0.3, 0.4) is 0 Å². The summed E-state index contributed by atoms with van der Waals surface area (Å²) in [6.45, 7) is 5.57. The molecule has 2 N–H and O–H groups in total. The van der Waals surface area contributed by atoms with Gasteiger partial charge in [-0.05, 0) is 19.8 Å². The largest absolute Gasteiger partial charge is 0.337 e. The molecular weight excluding hydrogens is 164 g/mol. The number of nitrogens with two attached hydrogens (primary N) is 1. The molecule has 0 fully saturated rings. The van der Waals surface area contributed by atoms with Crippen molar-refractivity contribution in [3.63, 3.8) is 0 Å². The summed E-state index contributed by atoms with van der Waals surface area (Å²) < 4.78 is 0. The summed E-state index contributed by atoms with van der Waals surface area (Å²) in [4.78, 5) is 13.5. The van der Waals surface area contributed by atoms with Gasteiger partial charge < -0.3 is 10.6 Å². The SMILES string of the molecule is CCC(N)C(=O)N1CCC=C(C)C1. The molecule has 1 amide bonds. The van der Waals surface area contributed by atoms with Crippen LogP contribution in [-0.4, -0.2) is 29.9 Å². The van der Waals surface area contributed by atoms with Gasteiger partial charge in [-0.3, -0.25) is 4.79 Å². The van der Waals surface area contributed by atoms with Gasteiger partial charge in [0.25, 0.3) is 0 Å². The first-order valence-electron chi connectivity index (χ1n) is 4.85. The number of rotatable bonds is 2. The van der Waals surface area contributed by atoms with Gasteiger partial charge in [-0.15, -0.1) is 0 Å². The maximum absolute atomic E-state index is 11.6. The first-order valence-corrected chi connectivity index (χ1v) is 4.85. The van der Waals surface area contributed by atoms with E-state index in [2.05, 4.69) is 13.0 Å². The maximum Gasteiger partial charge on any atom is 0.239 e. The number of carbonyl (C=O) groups is 1. The highest BCUT2D eigenvalue weighted by Crippen LogP contribution is 2.10. The average molecular weight is 182 g/mol. The lowest BCUT2D eigenvalue weighted by molar-refractivity contribution is -0.132. The molecule has 3 heteroatoms. The van der Waals surface area contributed by atoms with Crippen LogP contribution in [0, 0.1) is 0 Å².